The van der Waals surface area contributed by atoms with E-state index in [0.29, 0.717) is 28.7 Å². The van der Waals surface area contributed by atoms with Crippen molar-refractivity contribution in [1.82, 2.24) is 5.32 Å². The Labute approximate surface area is 166 Å². The topological polar surface area (TPSA) is 111 Å². The number of nitrogens with one attached hydrogen (secondary N) is 1. The normalized spacial score (nSPS) is 10.7. The Bertz CT molecular complexity index is 914. The molecule has 2 rings (SSSR count). The van der Waals surface area contributed by atoms with Crippen LogP contribution in [0.25, 0.3) is 6.08 Å². The highest BCUT2D eigenvalue weighted by molar-refractivity contribution is 6.32. The summed E-state index contributed by atoms with van der Waals surface area (Å²) in [6, 6.07) is 6.90. The molecule has 0 saturated heterocycles. The third-order valence-electron chi connectivity index (χ3n) is 3.69. The van der Waals surface area contributed by atoms with Crippen LogP contribution in [0.2, 0.25) is 5.02 Å². The summed E-state index contributed by atoms with van der Waals surface area (Å²) in [6.07, 6.45) is 2.81. The molecule has 148 valence electrons. The number of nitro benzene ring substituents is 1. The molecule has 2 N–H and O–H groups in total. The maximum absolute atomic E-state index is 12.0. The number of amides is 1. The van der Waals surface area contributed by atoms with Gasteiger partial charge in [0.1, 0.15) is 5.75 Å². The van der Waals surface area contributed by atoms with E-state index in [-0.39, 0.29) is 23.5 Å². The Balaban J connectivity index is 2.07. The van der Waals surface area contributed by atoms with Crippen molar-refractivity contribution in [3.05, 3.63) is 62.7 Å². The third-order valence-corrected chi connectivity index (χ3v) is 3.98. The Kier molecular flexibility index (Phi) is 7.22. The van der Waals surface area contributed by atoms with E-state index in [2.05, 4.69) is 5.32 Å². The zero-order valence-electron chi connectivity index (χ0n) is 15.3. The van der Waals surface area contributed by atoms with Crippen LogP contribution in [0.4, 0.5) is 5.69 Å². The minimum Gasteiger partial charge on any atom is -0.508 e. The van der Waals surface area contributed by atoms with Crippen LogP contribution in [0.15, 0.2) is 36.4 Å². The lowest BCUT2D eigenvalue weighted by Crippen LogP contribution is -2.20. The number of nitrogens with zero attached hydrogens (tertiary/aromatic N) is 1. The number of aromatic hydroxyl groups is 1. The minimum atomic E-state index is -0.576. The highest BCUT2D eigenvalue weighted by Gasteiger charge is 2.12. The summed E-state index contributed by atoms with van der Waals surface area (Å²) in [4.78, 5) is 22.3. The van der Waals surface area contributed by atoms with Crippen molar-refractivity contribution >= 4 is 29.3 Å². The molecule has 2 aromatic carbocycles. The van der Waals surface area contributed by atoms with Gasteiger partial charge in [0.25, 0.3) is 5.69 Å². The van der Waals surface area contributed by atoms with Crippen molar-refractivity contribution in [3.63, 3.8) is 0 Å². The molecule has 0 aliphatic carbocycles. The van der Waals surface area contributed by atoms with Crippen molar-refractivity contribution in [2.24, 2.45) is 0 Å². The molecule has 0 heterocycles. The van der Waals surface area contributed by atoms with Crippen LogP contribution in [0.1, 0.15) is 18.1 Å². The van der Waals surface area contributed by atoms with Crippen LogP contribution < -0.4 is 14.8 Å². The zero-order valence-corrected chi connectivity index (χ0v) is 16.0. The molecule has 0 aromatic heterocycles. The summed E-state index contributed by atoms with van der Waals surface area (Å²) in [5.74, 6) is 0.276. The number of non-ortho nitro benzene ring substituents is 1. The van der Waals surface area contributed by atoms with Gasteiger partial charge in [0.05, 0.1) is 23.7 Å². The Morgan fingerprint density at radius 1 is 1.36 bits per heavy atom. The van der Waals surface area contributed by atoms with Gasteiger partial charge < -0.3 is 19.9 Å². The van der Waals surface area contributed by atoms with E-state index in [9.17, 15) is 20.0 Å². The molecular formula is C19H19ClN2O6. The number of halogens is 1. The molecule has 0 saturated carbocycles. The van der Waals surface area contributed by atoms with Gasteiger partial charge >= 0.3 is 0 Å². The maximum atomic E-state index is 12.0. The van der Waals surface area contributed by atoms with Crippen LogP contribution in [0, 0.1) is 10.1 Å². The van der Waals surface area contributed by atoms with E-state index < -0.39 is 10.8 Å². The molecule has 28 heavy (non-hydrogen) atoms. The SMILES string of the molecule is CCOc1c(Cl)cc(/C=C/C(=O)NCc2cc([N+](=O)[O-])ccc2O)cc1OC. The summed E-state index contributed by atoms with van der Waals surface area (Å²) < 4.78 is 10.7. The van der Waals surface area contributed by atoms with Crippen LogP contribution in [-0.2, 0) is 11.3 Å². The largest absolute Gasteiger partial charge is 0.508 e. The number of rotatable bonds is 8. The Hall–Kier alpha value is -3.26. The monoisotopic (exact) mass is 406 g/mol. The Morgan fingerprint density at radius 2 is 2.11 bits per heavy atom. The number of carbonyl (C=O) groups is 1. The predicted molar refractivity (Wildman–Crippen MR) is 105 cm³/mol. The van der Waals surface area contributed by atoms with Crippen molar-refractivity contribution in [3.8, 4) is 17.2 Å². The number of phenolic OH excluding ortho intramolecular Hbond substituents is 1. The van der Waals surface area contributed by atoms with Gasteiger partial charge in [0.2, 0.25) is 5.91 Å². The van der Waals surface area contributed by atoms with E-state index in [0.717, 1.165) is 0 Å². The quantitative estimate of drug-likeness (QED) is 0.393. The lowest BCUT2D eigenvalue weighted by molar-refractivity contribution is -0.384. The van der Waals surface area contributed by atoms with Crippen molar-refractivity contribution in [2.45, 2.75) is 13.5 Å². The molecule has 0 bridgehead atoms. The molecule has 1 amide bonds. The number of hydrogen-bond acceptors (Lipinski definition) is 6. The molecule has 0 fully saturated rings. The van der Waals surface area contributed by atoms with E-state index in [1.54, 1.807) is 12.1 Å². The smallest absolute Gasteiger partial charge is 0.270 e. The van der Waals surface area contributed by atoms with Gasteiger partial charge in [-0.1, -0.05) is 11.6 Å². The Morgan fingerprint density at radius 3 is 2.75 bits per heavy atom. The predicted octanol–water partition coefficient (Wildman–Crippen LogP) is 3.69. The fourth-order valence-electron chi connectivity index (χ4n) is 2.36. The van der Waals surface area contributed by atoms with Gasteiger partial charge in [-0.2, -0.15) is 0 Å². The van der Waals surface area contributed by atoms with E-state index in [1.807, 2.05) is 6.92 Å². The molecule has 8 nitrogen and oxygen atoms in total. The van der Waals surface area contributed by atoms with Gasteiger partial charge in [0.15, 0.2) is 11.5 Å². The lowest BCUT2D eigenvalue weighted by Gasteiger charge is -2.11. The highest BCUT2D eigenvalue weighted by atomic mass is 35.5. The summed E-state index contributed by atoms with van der Waals surface area (Å²) >= 11 is 6.18. The number of carbonyl (C=O) groups excluding carboxylic acids is 1. The molecular weight excluding hydrogens is 388 g/mol. The summed E-state index contributed by atoms with van der Waals surface area (Å²) in [7, 11) is 1.49. The number of nitro groups is 1. The standard InChI is InChI=1S/C19H19ClN2O6/c1-3-28-19-15(20)8-12(9-17(19)27-2)4-7-18(24)21-11-13-10-14(22(25)26)5-6-16(13)23/h4-10,23H,3,11H2,1-2H3,(H,21,24)/b7-4+. The molecule has 0 radical (unpaired) electrons. The number of benzene rings is 2. The third kappa shape index (κ3) is 5.37. The van der Waals surface area contributed by atoms with Gasteiger partial charge in [-0.05, 0) is 36.8 Å². The van der Waals surface area contributed by atoms with Crippen LogP contribution in [-0.4, -0.2) is 29.7 Å². The van der Waals surface area contributed by atoms with Crippen molar-refractivity contribution in [2.75, 3.05) is 13.7 Å². The van der Waals surface area contributed by atoms with Crippen LogP contribution in [0.5, 0.6) is 17.2 Å². The fraction of sp³-hybridized carbons (Fsp3) is 0.211. The van der Waals surface area contributed by atoms with Gasteiger partial charge in [0, 0.05) is 30.3 Å². The number of ether oxygens (including phenoxy) is 2. The van der Waals surface area contributed by atoms with Crippen molar-refractivity contribution < 1.29 is 24.3 Å². The number of phenols is 1. The van der Waals surface area contributed by atoms with Crippen LogP contribution in [0.3, 0.4) is 0 Å². The lowest BCUT2D eigenvalue weighted by atomic mass is 10.1. The second-order valence-electron chi connectivity index (χ2n) is 5.59. The first-order chi connectivity index (χ1) is 13.3. The fourth-order valence-corrected chi connectivity index (χ4v) is 2.63. The first kappa shape index (κ1) is 21.0. The summed E-state index contributed by atoms with van der Waals surface area (Å²) in [6.45, 7) is 2.19. The first-order valence-electron chi connectivity index (χ1n) is 8.28. The second kappa shape index (κ2) is 9.61. The van der Waals surface area contributed by atoms with E-state index in [1.165, 1.54) is 37.5 Å². The summed E-state index contributed by atoms with van der Waals surface area (Å²) in [5, 5.41) is 23.5. The number of hydrogen-bond donors (Lipinski definition) is 2. The van der Waals surface area contributed by atoms with Crippen molar-refractivity contribution in [1.29, 1.82) is 0 Å². The van der Waals surface area contributed by atoms with Crippen LogP contribution >= 0.6 is 11.6 Å². The molecule has 0 spiro atoms. The summed E-state index contributed by atoms with van der Waals surface area (Å²) in [5.41, 5.74) is 0.689. The zero-order chi connectivity index (χ0) is 20.7. The molecule has 0 atom stereocenters. The average Bonchev–Trinajstić information content (AvgIpc) is 2.67. The average molecular weight is 407 g/mol. The number of methoxy groups -OCH3 is 1. The second-order valence-corrected chi connectivity index (χ2v) is 6.00. The van der Waals surface area contributed by atoms with E-state index >= 15 is 0 Å². The molecule has 0 aliphatic heterocycles. The molecule has 2 aromatic rings. The minimum absolute atomic E-state index is 0.0654. The molecule has 0 aliphatic rings. The molecule has 0 unspecified atom stereocenters. The first-order valence-corrected chi connectivity index (χ1v) is 8.66. The van der Waals surface area contributed by atoms with E-state index in [4.69, 9.17) is 21.1 Å². The van der Waals surface area contributed by atoms with Gasteiger partial charge in [-0.25, -0.2) is 0 Å². The van der Waals surface area contributed by atoms with Gasteiger partial charge in [-0.15, -0.1) is 0 Å². The highest BCUT2D eigenvalue weighted by Crippen LogP contribution is 2.36. The van der Waals surface area contributed by atoms with Gasteiger partial charge in [-0.3, -0.25) is 14.9 Å². The maximum Gasteiger partial charge on any atom is 0.270 e. The molecule has 9 heteroatoms.